The van der Waals surface area contributed by atoms with Gasteiger partial charge in [0.05, 0.1) is 0 Å². The smallest absolute Gasteiger partial charge is 0.329 e. The van der Waals surface area contributed by atoms with Gasteiger partial charge >= 0.3 is 17.1 Å². The second-order valence-corrected chi connectivity index (χ2v) is 12.6. The van der Waals surface area contributed by atoms with E-state index in [0.29, 0.717) is 0 Å². The molecule has 0 spiro atoms. The fourth-order valence-corrected chi connectivity index (χ4v) is 12.2. The second kappa shape index (κ2) is 10.1. The topological polar surface area (TPSA) is 27.7 Å². The second-order valence-electron chi connectivity index (χ2n) is 5.33. The van der Waals surface area contributed by atoms with Crippen LogP contribution in [0.1, 0.15) is 53.4 Å². The molecule has 0 saturated heterocycles. The summed E-state index contributed by atoms with van der Waals surface area (Å²) in [4.78, 5) is 0. The predicted molar refractivity (Wildman–Crippen MR) is 87.0 cm³/mol. The summed E-state index contributed by atoms with van der Waals surface area (Å²) < 4.78 is 18.6. The normalized spacial score (nSPS) is 12.9. The third-order valence-corrected chi connectivity index (χ3v) is 13.2. The van der Waals surface area contributed by atoms with Crippen molar-refractivity contribution in [2.75, 3.05) is 14.2 Å². The fourth-order valence-electron chi connectivity index (χ4n) is 2.81. The van der Waals surface area contributed by atoms with Crippen LogP contribution in [-0.4, -0.2) is 31.3 Å². The van der Waals surface area contributed by atoms with Crippen LogP contribution in [0, 0.1) is 0 Å². The minimum atomic E-state index is -2.06. The Labute approximate surface area is 122 Å². The molecule has 0 bridgehead atoms. The van der Waals surface area contributed by atoms with Gasteiger partial charge in [-0.25, -0.2) is 0 Å². The van der Waals surface area contributed by atoms with E-state index in [2.05, 4.69) is 27.7 Å². The van der Waals surface area contributed by atoms with E-state index >= 15 is 0 Å². The Morgan fingerprint density at radius 2 is 0.842 bits per heavy atom. The van der Waals surface area contributed by atoms with Crippen molar-refractivity contribution in [3.63, 3.8) is 0 Å². The summed E-state index contributed by atoms with van der Waals surface area (Å²) >= 11 is 0. The first-order valence-electron chi connectivity index (χ1n) is 7.88. The zero-order valence-corrected chi connectivity index (χ0v) is 15.9. The molecule has 0 atom stereocenters. The average molecular weight is 307 g/mol. The van der Waals surface area contributed by atoms with Gasteiger partial charge < -0.3 is 13.0 Å². The lowest BCUT2D eigenvalue weighted by atomic mass is 10.6. The lowest BCUT2D eigenvalue weighted by Crippen LogP contribution is -2.54. The zero-order valence-electron chi connectivity index (χ0n) is 13.9. The van der Waals surface area contributed by atoms with Gasteiger partial charge in [-0.1, -0.05) is 53.4 Å². The van der Waals surface area contributed by atoms with Gasteiger partial charge in [-0.15, -0.1) is 0 Å². The summed E-state index contributed by atoms with van der Waals surface area (Å²) in [7, 11) is -0.452. The fraction of sp³-hybridized carbons (Fsp3) is 1.00. The van der Waals surface area contributed by atoms with Crippen molar-refractivity contribution >= 4 is 17.1 Å². The van der Waals surface area contributed by atoms with E-state index in [4.69, 9.17) is 13.0 Å². The van der Waals surface area contributed by atoms with Crippen molar-refractivity contribution < 1.29 is 13.0 Å². The molecule has 0 unspecified atom stereocenters. The molecule has 19 heavy (non-hydrogen) atoms. The molecule has 116 valence electrons. The molecule has 5 heteroatoms. The van der Waals surface area contributed by atoms with E-state index in [0.717, 1.165) is 49.9 Å². The average Bonchev–Trinajstić information content (AvgIpc) is 2.39. The molecular formula is C14H34O3Si2. The first kappa shape index (κ1) is 19.3. The summed E-state index contributed by atoms with van der Waals surface area (Å²) in [6.07, 6.45) is 4.53. The van der Waals surface area contributed by atoms with Crippen LogP contribution >= 0.6 is 0 Å². The monoisotopic (exact) mass is 306 g/mol. The van der Waals surface area contributed by atoms with E-state index in [9.17, 15) is 0 Å². The van der Waals surface area contributed by atoms with Crippen molar-refractivity contribution in [2.24, 2.45) is 0 Å². The molecule has 0 heterocycles. The van der Waals surface area contributed by atoms with Gasteiger partial charge in [0.25, 0.3) is 0 Å². The Hall–Kier alpha value is 0.314. The van der Waals surface area contributed by atoms with E-state index in [1.165, 1.54) is 0 Å². The molecule has 0 aromatic heterocycles. The lowest BCUT2D eigenvalue weighted by Gasteiger charge is -2.39. The maximum absolute atomic E-state index is 6.72. The summed E-state index contributed by atoms with van der Waals surface area (Å²) in [6, 6.07) is 4.34. The quantitative estimate of drug-likeness (QED) is 0.484. The molecule has 0 aliphatic rings. The Morgan fingerprint density at radius 3 is 1.00 bits per heavy atom. The SMILES string of the molecule is CCC[Si](CCC)(OC)O[Si](CCC)(CCC)OC. The van der Waals surface area contributed by atoms with E-state index in [1.807, 2.05) is 14.2 Å². The Morgan fingerprint density at radius 1 is 0.579 bits per heavy atom. The number of hydrogen-bond acceptors (Lipinski definition) is 3. The van der Waals surface area contributed by atoms with Crippen LogP contribution in [0.5, 0.6) is 0 Å². The van der Waals surface area contributed by atoms with Crippen LogP contribution in [0.25, 0.3) is 0 Å². The molecule has 0 saturated carbocycles. The van der Waals surface area contributed by atoms with E-state index in [-0.39, 0.29) is 0 Å². The van der Waals surface area contributed by atoms with Crippen LogP contribution < -0.4 is 0 Å². The molecule has 0 fully saturated rings. The highest BCUT2D eigenvalue weighted by atomic mass is 28.5. The highest BCUT2D eigenvalue weighted by Gasteiger charge is 2.46. The largest absolute Gasteiger partial charge is 0.414 e. The minimum absolute atomic E-state index is 1.09. The maximum Gasteiger partial charge on any atom is 0.329 e. The van der Waals surface area contributed by atoms with Crippen molar-refractivity contribution in [3.05, 3.63) is 0 Å². The minimum Gasteiger partial charge on any atom is -0.414 e. The zero-order chi connectivity index (χ0) is 14.8. The van der Waals surface area contributed by atoms with Gasteiger partial charge in [-0.3, -0.25) is 0 Å². The van der Waals surface area contributed by atoms with Crippen molar-refractivity contribution in [1.82, 2.24) is 0 Å². The molecule has 0 aliphatic carbocycles. The third kappa shape index (κ3) is 6.08. The first-order chi connectivity index (χ1) is 9.07. The lowest BCUT2D eigenvalue weighted by molar-refractivity contribution is 0.228. The van der Waals surface area contributed by atoms with Gasteiger partial charge in [0.2, 0.25) is 0 Å². The standard InChI is InChI=1S/C14H34O3Si2/c1-7-11-18(15-5,12-8-2)17-19(16-6,13-9-3)14-10-4/h7-14H2,1-6H3. The molecule has 0 rings (SSSR count). The van der Waals surface area contributed by atoms with Gasteiger partial charge in [0.1, 0.15) is 0 Å². The van der Waals surface area contributed by atoms with Crippen molar-refractivity contribution in [2.45, 2.75) is 77.6 Å². The number of hydrogen-bond donors (Lipinski definition) is 0. The third-order valence-electron chi connectivity index (χ3n) is 3.64. The van der Waals surface area contributed by atoms with Crippen molar-refractivity contribution in [3.8, 4) is 0 Å². The van der Waals surface area contributed by atoms with Crippen LogP contribution in [0.15, 0.2) is 0 Å². The van der Waals surface area contributed by atoms with Crippen LogP contribution in [0.2, 0.25) is 24.2 Å². The summed E-state index contributed by atoms with van der Waals surface area (Å²) in [5.41, 5.74) is 0. The van der Waals surface area contributed by atoms with Crippen LogP contribution in [0.3, 0.4) is 0 Å². The number of rotatable bonds is 12. The van der Waals surface area contributed by atoms with Gasteiger partial charge in [-0.2, -0.15) is 0 Å². The maximum atomic E-state index is 6.72. The van der Waals surface area contributed by atoms with Gasteiger partial charge in [0, 0.05) is 14.2 Å². The van der Waals surface area contributed by atoms with Crippen molar-refractivity contribution in [1.29, 1.82) is 0 Å². The molecular weight excluding hydrogens is 272 g/mol. The molecule has 3 nitrogen and oxygen atoms in total. The summed E-state index contributed by atoms with van der Waals surface area (Å²) in [6.45, 7) is 8.87. The van der Waals surface area contributed by atoms with Crippen LogP contribution in [-0.2, 0) is 13.0 Å². The predicted octanol–water partition coefficient (Wildman–Crippen LogP) is 4.82. The first-order valence-corrected chi connectivity index (χ1v) is 12.3. The molecule has 0 aliphatic heterocycles. The molecule has 0 aromatic rings. The summed E-state index contributed by atoms with van der Waals surface area (Å²) in [5.74, 6) is 0. The highest BCUT2D eigenvalue weighted by Crippen LogP contribution is 2.31. The Kier molecular flexibility index (Phi) is 10.3. The van der Waals surface area contributed by atoms with E-state index in [1.54, 1.807) is 0 Å². The Balaban J connectivity index is 5.08. The highest BCUT2D eigenvalue weighted by molar-refractivity contribution is 6.81. The molecule has 0 N–H and O–H groups in total. The summed E-state index contributed by atoms with van der Waals surface area (Å²) in [5, 5.41) is 0. The molecule has 0 amide bonds. The van der Waals surface area contributed by atoms with Gasteiger partial charge in [-0.05, 0) is 24.2 Å². The van der Waals surface area contributed by atoms with Crippen LogP contribution in [0.4, 0.5) is 0 Å². The molecule has 0 radical (unpaired) electrons. The van der Waals surface area contributed by atoms with E-state index < -0.39 is 17.1 Å². The van der Waals surface area contributed by atoms with Gasteiger partial charge in [0.15, 0.2) is 0 Å². The molecule has 0 aromatic carbocycles. The Bertz CT molecular complexity index is 191.